The van der Waals surface area contributed by atoms with Crippen LogP contribution in [0, 0.1) is 0 Å². The van der Waals surface area contributed by atoms with Crippen LogP contribution in [-0.4, -0.2) is 64.6 Å². The van der Waals surface area contributed by atoms with Crippen molar-refractivity contribution in [3.63, 3.8) is 0 Å². The summed E-state index contributed by atoms with van der Waals surface area (Å²) in [6, 6.07) is -0.313. The van der Waals surface area contributed by atoms with Crippen LogP contribution in [0.2, 0.25) is 5.15 Å². The molecular formula is C15H21ClN4O5S. The number of aliphatic hydroxyl groups is 1. The molecule has 1 aliphatic heterocycles. The summed E-state index contributed by atoms with van der Waals surface area (Å²) >= 11 is 7.61. The van der Waals surface area contributed by atoms with Crippen molar-refractivity contribution in [3.05, 3.63) is 5.15 Å². The number of aliphatic hydroxyl groups excluding tert-OH is 1. The molecule has 26 heavy (non-hydrogen) atoms. The van der Waals surface area contributed by atoms with Crippen molar-refractivity contribution in [1.82, 2.24) is 9.97 Å². The van der Waals surface area contributed by atoms with E-state index in [1.807, 2.05) is 0 Å². The van der Waals surface area contributed by atoms with Crippen LogP contribution in [0.3, 0.4) is 0 Å². The summed E-state index contributed by atoms with van der Waals surface area (Å²) in [5.74, 6) is 1.24. The number of hydrogen-bond donors (Lipinski definition) is 3. The molecular weight excluding hydrogens is 384 g/mol. The molecule has 1 saturated heterocycles. The molecule has 4 unspecified atom stereocenters. The molecule has 1 saturated carbocycles. The SMILES string of the molecule is CCCSc1nc(Cl)c(N)c(NC2CC(OCCO)C3OC(=O)OC23)n1. The lowest BCUT2D eigenvalue weighted by molar-refractivity contribution is -0.0273. The van der Waals surface area contributed by atoms with Gasteiger partial charge in [-0.05, 0) is 6.42 Å². The highest BCUT2D eigenvalue weighted by Crippen LogP contribution is 2.37. The Morgan fingerprint density at radius 2 is 2.19 bits per heavy atom. The first-order valence-electron chi connectivity index (χ1n) is 8.35. The number of rotatable bonds is 8. The summed E-state index contributed by atoms with van der Waals surface area (Å²) < 4.78 is 16.0. The molecule has 0 amide bonds. The van der Waals surface area contributed by atoms with Crippen LogP contribution in [0.1, 0.15) is 19.8 Å². The normalized spacial score (nSPS) is 27.1. The maximum atomic E-state index is 11.5. The van der Waals surface area contributed by atoms with Gasteiger partial charge in [0.2, 0.25) is 0 Å². The van der Waals surface area contributed by atoms with Gasteiger partial charge in [0.1, 0.15) is 11.8 Å². The number of ether oxygens (including phenoxy) is 3. The van der Waals surface area contributed by atoms with E-state index < -0.39 is 18.4 Å². The van der Waals surface area contributed by atoms with Crippen molar-refractivity contribution in [2.24, 2.45) is 0 Å². The minimum atomic E-state index is -0.739. The van der Waals surface area contributed by atoms with Crippen LogP contribution in [0.4, 0.5) is 16.3 Å². The summed E-state index contributed by atoms with van der Waals surface area (Å²) in [4.78, 5) is 20.1. The van der Waals surface area contributed by atoms with E-state index in [1.165, 1.54) is 11.8 Å². The number of hydrogen-bond acceptors (Lipinski definition) is 10. The van der Waals surface area contributed by atoms with Crippen LogP contribution in [-0.2, 0) is 14.2 Å². The third kappa shape index (κ3) is 4.08. The van der Waals surface area contributed by atoms with Crippen molar-refractivity contribution in [1.29, 1.82) is 0 Å². The van der Waals surface area contributed by atoms with Crippen LogP contribution in [0.15, 0.2) is 5.16 Å². The topological polar surface area (TPSA) is 129 Å². The van der Waals surface area contributed by atoms with Crippen molar-refractivity contribution in [3.8, 4) is 0 Å². The summed E-state index contributed by atoms with van der Waals surface area (Å²) in [6.07, 6.45) is -0.727. The highest BCUT2D eigenvalue weighted by Gasteiger charge is 2.53. The number of fused-ring (bicyclic) bond motifs is 1. The Morgan fingerprint density at radius 3 is 2.92 bits per heavy atom. The predicted molar refractivity (Wildman–Crippen MR) is 96.5 cm³/mol. The van der Waals surface area contributed by atoms with Crippen molar-refractivity contribution in [2.45, 2.75) is 49.3 Å². The Hall–Kier alpha value is -1.49. The molecule has 1 aromatic rings. The number of nitrogens with two attached hydrogens (primary N) is 1. The Labute approximate surface area is 159 Å². The second-order valence-electron chi connectivity index (χ2n) is 5.94. The van der Waals surface area contributed by atoms with E-state index in [2.05, 4.69) is 22.2 Å². The first-order chi connectivity index (χ1) is 12.5. The lowest BCUT2D eigenvalue weighted by atomic mass is 10.2. The molecule has 11 heteroatoms. The molecule has 0 radical (unpaired) electrons. The zero-order valence-corrected chi connectivity index (χ0v) is 15.8. The van der Waals surface area contributed by atoms with E-state index >= 15 is 0 Å². The van der Waals surface area contributed by atoms with E-state index in [1.54, 1.807) is 0 Å². The maximum Gasteiger partial charge on any atom is 0.509 e. The number of carbonyl (C=O) groups is 1. The maximum absolute atomic E-state index is 11.5. The van der Waals surface area contributed by atoms with Crippen LogP contribution in [0.25, 0.3) is 0 Å². The Morgan fingerprint density at radius 1 is 1.42 bits per heavy atom. The molecule has 1 aromatic heterocycles. The number of nitrogens with zero attached hydrogens (tertiary/aromatic N) is 2. The van der Waals surface area contributed by atoms with Gasteiger partial charge >= 0.3 is 6.16 Å². The van der Waals surface area contributed by atoms with Crippen molar-refractivity contribution in [2.75, 3.05) is 30.0 Å². The Balaban J connectivity index is 1.77. The quantitative estimate of drug-likeness (QED) is 0.254. The van der Waals surface area contributed by atoms with E-state index in [9.17, 15) is 4.79 Å². The standard InChI is InChI=1S/C15H21ClN4O5S/c1-2-5-26-14-19-12(16)9(17)13(20-14)18-7-6-8(23-4-3-21)11-10(7)24-15(22)25-11/h7-8,10-11,21H,2-6,17H2,1H3,(H,18,19,20). The third-order valence-corrected chi connectivity index (χ3v) is 5.44. The average Bonchev–Trinajstić information content (AvgIpc) is 3.14. The molecule has 4 atom stereocenters. The number of aromatic nitrogens is 2. The smallest absolute Gasteiger partial charge is 0.425 e. The fraction of sp³-hybridized carbons (Fsp3) is 0.667. The monoisotopic (exact) mass is 404 g/mol. The van der Waals surface area contributed by atoms with Gasteiger partial charge in [0, 0.05) is 12.2 Å². The summed E-state index contributed by atoms with van der Waals surface area (Å²) in [7, 11) is 0. The molecule has 1 aliphatic carbocycles. The Kier molecular flexibility index (Phi) is 6.28. The molecule has 4 N–H and O–H groups in total. The van der Waals surface area contributed by atoms with E-state index in [-0.39, 0.29) is 36.2 Å². The average molecular weight is 405 g/mol. The fourth-order valence-corrected chi connectivity index (χ4v) is 3.89. The highest BCUT2D eigenvalue weighted by atomic mass is 35.5. The van der Waals surface area contributed by atoms with Gasteiger partial charge in [0.05, 0.1) is 19.3 Å². The second kappa shape index (κ2) is 8.47. The van der Waals surface area contributed by atoms with Gasteiger partial charge in [-0.15, -0.1) is 0 Å². The number of nitrogen functional groups attached to an aromatic ring is 1. The van der Waals surface area contributed by atoms with Gasteiger partial charge in [0.25, 0.3) is 0 Å². The molecule has 2 aliphatic rings. The minimum absolute atomic E-state index is 0.118. The molecule has 2 heterocycles. The van der Waals surface area contributed by atoms with Gasteiger partial charge < -0.3 is 30.4 Å². The molecule has 144 valence electrons. The lowest BCUT2D eigenvalue weighted by Gasteiger charge is -2.19. The fourth-order valence-electron chi connectivity index (χ4n) is 2.98. The van der Waals surface area contributed by atoms with Gasteiger partial charge in [-0.1, -0.05) is 30.3 Å². The van der Waals surface area contributed by atoms with Gasteiger partial charge in [-0.3, -0.25) is 0 Å². The van der Waals surface area contributed by atoms with Gasteiger partial charge in [0.15, 0.2) is 28.3 Å². The van der Waals surface area contributed by atoms with E-state index in [0.717, 1.165) is 12.2 Å². The number of thioether (sulfide) groups is 1. The number of anilines is 2. The number of nitrogens with one attached hydrogen (secondary N) is 1. The predicted octanol–water partition coefficient (Wildman–Crippen LogP) is 1.68. The first-order valence-corrected chi connectivity index (χ1v) is 9.72. The van der Waals surface area contributed by atoms with Gasteiger partial charge in [-0.2, -0.15) is 0 Å². The lowest BCUT2D eigenvalue weighted by Crippen LogP contribution is -2.34. The minimum Gasteiger partial charge on any atom is -0.425 e. The molecule has 2 fully saturated rings. The van der Waals surface area contributed by atoms with Crippen molar-refractivity contribution < 1.29 is 24.1 Å². The van der Waals surface area contributed by atoms with Crippen LogP contribution >= 0.6 is 23.4 Å². The zero-order valence-electron chi connectivity index (χ0n) is 14.2. The summed E-state index contributed by atoms with van der Waals surface area (Å²) in [5.41, 5.74) is 6.24. The molecule has 3 rings (SSSR count). The number of halogens is 1. The molecule has 0 bridgehead atoms. The largest absolute Gasteiger partial charge is 0.509 e. The summed E-state index contributed by atoms with van der Waals surface area (Å²) in [5, 5.41) is 12.8. The highest BCUT2D eigenvalue weighted by molar-refractivity contribution is 7.99. The molecule has 0 aromatic carbocycles. The first kappa shape index (κ1) is 19.3. The van der Waals surface area contributed by atoms with Crippen LogP contribution < -0.4 is 11.1 Å². The molecule has 9 nitrogen and oxygen atoms in total. The van der Waals surface area contributed by atoms with E-state index in [4.69, 9.17) is 36.7 Å². The number of carbonyl (C=O) groups excluding carboxylic acids is 1. The van der Waals surface area contributed by atoms with Crippen molar-refractivity contribution >= 4 is 41.0 Å². The Bertz CT molecular complexity index is 667. The zero-order chi connectivity index (χ0) is 18.7. The van der Waals surface area contributed by atoms with Gasteiger partial charge in [-0.25, -0.2) is 14.8 Å². The van der Waals surface area contributed by atoms with Crippen LogP contribution in [0.5, 0.6) is 0 Å². The second-order valence-corrected chi connectivity index (χ2v) is 7.36. The summed E-state index contributed by atoms with van der Waals surface area (Å²) in [6.45, 7) is 2.09. The third-order valence-electron chi connectivity index (χ3n) is 4.10. The molecule has 0 spiro atoms. The van der Waals surface area contributed by atoms with E-state index in [0.29, 0.717) is 17.4 Å².